The molecule has 1 saturated heterocycles. The maximum absolute atomic E-state index is 9.90. The Morgan fingerprint density at radius 2 is 2.33 bits per heavy atom. The quantitative estimate of drug-likeness (QED) is 0.532. The van der Waals surface area contributed by atoms with Crippen molar-refractivity contribution < 1.29 is 9.53 Å². The first-order valence-electron chi connectivity index (χ1n) is 3.07. The van der Waals surface area contributed by atoms with Gasteiger partial charge in [0.15, 0.2) is 0 Å². The Balaban J connectivity index is 2.16. The lowest BCUT2D eigenvalue weighted by Crippen LogP contribution is -2.57. The molecular formula is C6H11NO2. The van der Waals surface area contributed by atoms with E-state index in [2.05, 4.69) is 0 Å². The van der Waals surface area contributed by atoms with E-state index in [1.807, 2.05) is 0 Å². The number of hydrogen-bond acceptors (Lipinski definition) is 3. The molecule has 3 heteroatoms. The molecular weight excluding hydrogens is 118 g/mol. The molecule has 1 rings (SSSR count). The molecule has 0 radical (unpaired) electrons. The van der Waals surface area contributed by atoms with Gasteiger partial charge in [-0.05, 0) is 6.42 Å². The monoisotopic (exact) mass is 129 g/mol. The summed E-state index contributed by atoms with van der Waals surface area (Å²) < 4.78 is 4.89. The van der Waals surface area contributed by atoms with Crippen molar-refractivity contribution in [2.45, 2.75) is 18.4 Å². The van der Waals surface area contributed by atoms with Crippen molar-refractivity contribution in [2.24, 2.45) is 5.73 Å². The van der Waals surface area contributed by atoms with Crippen LogP contribution in [0.25, 0.3) is 0 Å². The van der Waals surface area contributed by atoms with E-state index < -0.39 is 0 Å². The van der Waals surface area contributed by atoms with E-state index >= 15 is 0 Å². The Kier molecular flexibility index (Phi) is 1.83. The number of aldehydes is 1. The molecule has 52 valence electrons. The standard InChI is InChI=1S/C6H11NO2/c7-6(2-1-3-8)4-9-5-6/h3H,1-2,4-5,7H2. The summed E-state index contributed by atoms with van der Waals surface area (Å²) in [5, 5.41) is 0. The number of ether oxygens (including phenoxy) is 1. The van der Waals surface area contributed by atoms with Crippen molar-refractivity contribution >= 4 is 6.29 Å². The highest BCUT2D eigenvalue weighted by Gasteiger charge is 2.32. The van der Waals surface area contributed by atoms with Gasteiger partial charge in [0.25, 0.3) is 0 Å². The zero-order valence-electron chi connectivity index (χ0n) is 5.30. The Labute approximate surface area is 54.2 Å². The van der Waals surface area contributed by atoms with Gasteiger partial charge in [0.1, 0.15) is 6.29 Å². The lowest BCUT2D eigenvalue weighted by atomic mass is 9.93. The number of carbonyl (C=O) groups excluding carboxylic acids is 1. The van der Waals surface area contributed by atoms with Crippen LogP contribution >= 0.6 is 0 Å². The molecule has 2 N–H and O–H groups in total. The average Bonchev–Trinajstić information content (AvgIpc) is 1.79. The second-order valence-corrected chi connectivity index (χ2v) is 2.56. The third-order valence-electron chi connectivity index (χ3n) is 1.54. The van der Waals surface area contributed by atoms with Gasteiger partial charge in [-0.25, -0.2) is 0 Å². The molecule has 1 aliphatic heterocycles. The molecule has 9 heavy (non-hydrogen) atoms. The minimum absolute atomic E-state index is 0.180. The molecule has 0 aromatic rings. The van der Waals surface area contributed by atoms with Gasteiger partial charge in [0, 0.05) is 6.42 Å². The van der Waals surface area contributed by atoms with E-state index in [4.69, 9.17) is 10.5 Å². The normalized spacial score (nSPS) is 22.8. The predicted molar refractivity (Wildman–Crippen MR) is 33.0 cm³/mol. The number of hydrogen-bond donors (Lipinski definition) is 1. The molecule has 0 aromatic heterocycles. The third-order valence-corrected chi connectivity index (χ3v) is 1.54. The highest BCUT2D eigenvalue weighted by molar-refractivity contribution is 5.49. The summed E-state index contributed by atoms with van der Waals surface area (Å²) in [6.07, 6.45) is 2.21. The van der Waals surface area contributed by atoms with Crippen LogP contribution in [0.4, 0.5) is 0 Å². The summed E-state index contributed by atoms with van der Waals surface area (Å²) in [7, 11) is 0. The van der Waals surface area contributed by atoms with E-state index in [9.17, 15) is 4.79 Å². The maximum Gasteiger partial charge on any atom is 0.120 e. The fraction of sp³-hybridized carbons (Fsp3) is 0.833. The lowest BCUT2D eigenvalue weighted by molar-refractivity contribution is -0.109. The van der Waals surface area contributed by atoms with Gasteiger partial charge >= 0.3 is 0 Å². The van der Waals surface area contributed by atoms with E-state index in [1.165, 1.54) is 0 Å². The number of nitrogens with two attached hydrogens (primary N) is 1. The van der Waals surface area contributed by atoms with Crippen molar-refractivity contribution in [3.8, 4) is 0 Å². The summed E-state index contributed by atoms with van der Waals surface area (Å²) in [4.78, 5) is 9.90. The van der Waals surface area contributed by atoms with Crippen LogP contribution in [0.1, 0.15) is 12.8 Å². The lowest BCUT2D eigenvalue weighted by Gasteiger charge is -2.37. The van der Waals surface area contributed by atoms with Gasteiger partial charge in [0.2, 0.25) is 0 Å². The molecule has 1 heterocycles. The molecule has 0 unspecified atom stereocenters. The molecule has 0 aliphatic carbocycles. The molecule has 0 bridgehead atoms. The van der Waals surface area contributed by atoms with E-state index in [0.717, 1.165) is 12.7 Å². The summed E-state index contributed by atoms with van der Waals surface area (Å²) in [6, 6.07) is 0. The van der Waals surface area contributed by atoms with Gasteiger partial charge < -0.3 is 15.3 Å². The summed E-state index contributed by atoms with van der Waals surface area (Å²) in [5.41, 5.74) is 5.53. The van der Waals surface area contributed by atoms with E-state index in [0.29, 0.717) is 19.6 Å². The Bertz CT molecular complexity index is 110. The van der Waals surface area contributed by atoms with Crippen LogP contribution in [0.2, 0.25) is 0 Å². The van der Waals surface area contributed by atoms with Gasteiger partial charge in [0.05, 0.1) is 18.8 Å². The van der Waals surface area contributed by atoms with Crippen LogP contribution in [0.5, 0.6) is 0 Å². The smallest absolute Gasteiger partial charge is 0.120 e. The Morgan fingerprint density at radius 1 is 1.67 bits per heavy atom. The minimum atomic E-state index is -0.180. The van der Waals surface area contributed by atoms with E-state index in [-0.39, 0.29) is 5.54 Å². The molecule has 1 fully saturated rings. The fourth-order valence-corrected chi connectivity index (χ4v) is 0.855. The summed E-state index contributed by atoms with van der Waals surface area (Å²) in [5.74, 6) is 0. The predicted octanol–water partition coefficient (Wildman–Crippen LogP) is -0.307. The number of carbonyl (C=O) groups is 1. The molecule has 0 atom stereocenters. The van der Waals surface area contributed by atoms with Crippen LogP contribution in [-0.4, -0.2) is 25.0 Å². The van der Waals surface area contributed by atoms with Crippen molar-refractivity contribution in [1.82, 2.24) is 0 Å². The molecule has 0 saturated carbocycles. The summed E-state index contributed by atoms with van der Waals surface area (Å²) >= 11 is 0. The largest absolute Gasteiger partial charge is 0.377 e. The first-order chi connectivity index (χ1) is 4.27. The minimum Gasteiger partial charge on any atom is -0.377 e. The van der Waals surface area contributed by atoms with Crippen LogP contribution < -0.4 is 5.73 Å². The van der Waals surface area contributed by atoms with Gasteiger partial charge in [-0.1, -0.05) is 0 Å². The van der Waals surface area contributed by atoms with Crippen LogP contribution in [0, 0.1) is 0 Å². The maximum atomic E-state index is 9.90. The van der Waals surface area contributed by atoms with E-state index in [1.54, 1.807) is 0 Å². The average molecular weight is 129 g/mol. The van der Waals surface area contributed by atoms with Crippen LogP contribution in [0.15, 0.2) is 0 Å². The SMILES string of the molecule is NC1(CCC=O)COC1. The highest BCUT2D eigenvalue weighted by Crippen LogP contribution is 2.18. The van der Waals surface area contributed by atoms with Crippen LogP contribution in [0.3, 0.4) is 0 Å². The van der Waals surface area contributed by atoms with Gasteiger partial charge in [-0.15, -0.1) is 0 Å². The van der Waals surface area contributed by atoms with Crippen LogP contribution in [-0.2, 0) is 9.53 Å². The Morgan fingerprint density at radius 3 is 2.67 bits per heavy atom. The first kappa shape index (κ1) is 6.71. The van der Waals surface area contributed by atoms with Crippen molar-refractivity contribution in [3.05, 3.63) is 0 Å². The Hall–Kier alpha value is -0.410. The van der Waals surface area contributed by atoms with Gasteiger partial charge in [-0.2, -0.15) is 0 Å². The summed E-state index contributed by atoms with van der Waals surface area (Å²) in [6.45, 7) is 1.22. The van der Waals surface area contributed by atoms with Crippen molar-refractivity contribution in [1.29, 1.82) is 0 Å². The molecule has 1 aliphatic rings. The van der Waals surface area contributed by atoms with Gasteiger partial charge in [-0.3, -0.25) is 0 Å². The molecule has 0 aromatic carbocycles. The number of rotatable bonds is 3. The molecule has 3 nitrogen and oxygen atoms in total. The highest BCUT2D eigenvalue weighted by atomic mass is 16.5. The first-order valence-corrected chi connectivity index (χ1v) is 3.07. The second-order valence-electron chi connectivity index (χ2n) is 2.56. The second kappa shape index (κ2) is 2.45. The zero-order chi connectivity index (χ0) is 6.74. The zero-order valence-corrected chi connectivity index (χ0v) is 5.30. The fourth-order valence-electron chi connectivity index (χ4n) is 0.855. The van der Waals surface area contributed by atoms with Crippen molar-refractivity contribution in [3.63, 3.8) is 0 Å². The van der Waals surface area contributed by atoms with Crippen molar-refractivity contribution in [2.75, 3.05) is 13.2 Å². The topological polar surface area (TPSA) is 52.3 Å². The molecule has 0 spiro atoms. The molecule has 0 amide bonds. The third kappa shape index (κ3) is 1.50.